The molecule has 0 spiro atoms. The second-order valence-electron chi connectivity index (χ2n) is 5.09. The number of amides is 1. The maximum absolute atomic E-state index is 11.5. The third-order valence-electron chi connectivity index (χ3n) is 3.44. The molecule has 0 aromatic carbocycles. The van der Waals surface area contributed by atoms with Crippen LogP contribution >= 0.6 is 0 Å². The quantitative estimate of drug-likeness (QED) is 0.686. The molecule has 1 saturated heterocycles. The predicted molar refractivity (Wildman–Crippen MR) is 76.5 cm³/mol. The van der Waals surface area contributed by atoms with Crippen molar-refractivity contribution in [2.24, 2.45) is 5.73 Å². The smallest absolute Gasteiger partial charge is 0.252 e. The van der Waals surface area contributed by atoms with Crippen LogP contribution in [-0.4, -0.2) is 46.5 Å². The number of aryl methyl sites for hydroxylation is 1. The minimum atomic E-state index is -0.291. The molecule has 2 heterocycles. The average Bonchev–Trinajstić information content (AvgIpc) is 2.39. The van der Waals surface area contributed by atoms with Gasteiger partial charge in [-0.1, -0.05) is 6.92 Å². The zero-order chi connectivity index (χ0) is 14.5. The summed E-state index contributed by atoms with van der Waals surface area (Å²) in [4.78, 5) is 31.5. The zero-order valence-corrected chi connectivity index (χ0v) is 11.7. The summed E-state index contributed by atoms with van der Waals surface area (Å²) in [6.07, 6.45) is 2.51. The van der Waals surface area contributed by atoms with Crippen LogP contribution in [0, 0.1) is 0 Å². The molecule has 0 atom stereocenters. The molecule has 1 amide bonds. The third-order valence-corrected chi connectivity index (χ3v) is 3.44. The fourth-order valence-corrected chi connectivity index (χ4v) is 2.41. The average molecular weight is 279 g/mol. The van der Waals surface area contributed by atoms with Gasteiger partial charge in [-0.3, -0.25) is 14.5 Å². The summed E-state index contributed by atoms with van der Waals surface area (Å²) >= 11 is 0. The first-order valence-electron chi connectivity index (χ1n) is 6.94. The largest absolute Gasteiger partial charge is 0.369 e. The van der Waals surface area contributed by atoms with E-state index in [1.807, 2.05) is 11.8 Å². The number of piperidine rings is 1. The van der Waals surface area contributed by atoms with Gasteiger partial charge in [-0.25, -0.2) is 4.98 Å². The number of H-pyrrole nitrogens is 1. The molecule has 1 aliphatic rings. The molecule has 0 unspecified atom stereocenters. The molecule has 1 aromatic rings. The molecule has 1 fully saturated rings. The molecular weight excluding hydrogens is 258 g/mol. The molecule has 7 nitrogen and oxygen atoms in total. The molecule has 0 radical (unpaired) electrons. The van der Waals surface area contributed by atoms with Gasteiger partial charge >= 0.3 is 0 Å². The number of nitrogens with one attached hydrogen (secondary N) is 2. The molecule has 2 rings (SSSR count). The van der Waals surface area contributed by atoms with Crippen LogP contribution in [-0.2, 0) is 11.2 Å². The van der Waals surface area contributed by atoms with Crippen molar-refractivity contribution in [2.75, 3.05) is 25.0 Å². The highest BCUT2D eigenvalue weighted by atomic mass is 16.1. The third kappa shape index (κ3) is 4.06. The van der Waals surface area contributed by atoms with Crippen molar-refractivity contribution in [1.82, 2.24) is 14.9 Å². The van der Waals surface area contributed by atoms with Gasteiger partial charge in [0, 0.05) is 31.6 Å². The number of hydrogen-bond donors (Lipinski definition) is 3. The molecule has 110 valence electrons. The minimum absolute atomic E-state index is 0.134. The van der Waals surface area contributed by atoms with Crippen LogP contribution in [0.15, 0.2) is 10.9 Å². The Labute approximate surface area is 117 Å². The van der Waals surface area contributed by atoms with Crippen molar-refractivity contribution in [3.8, 4) is 0 Å². The summed E-state index contributed by atoms with van der Waals surface area (Å²) < 4.78 is 0. The van der Waals surface area contributed by atoms with Crippen molar-refractivity contribution >= 4 is 11.7 Å². The van der Waals surface area contributed by atoms with Crippen molar-refractivity contribution in [3.63, 3.8) is 0 Å². The highest BCUT2D eigenvalue weighted by molar-refractivity contribution is 5.75. The topological polar surface area (TPSA) is 104 Å². The minimum Gasteiger partial charge on any atom is -0.369 e. The Bertz CT molecular complexity index is 520. The van der Waals surface area contributed by atoms with Crippen LogP contribution in [0.25, 0.3) is 0 Å². The summed E-state index contributed by atoms with van der Waals surface area (Å²) in [5.74, 6) is 1.02. The van der Waals surface area contributed by atoms with E-state index in [1.165, 1.54) is 6.07 Å². The summed E-state index contributed by atoms with van der Waals surface area (Å²) in [6, 6.07) is 1.76. The Kier molecular flexibility index (Phi) is 4.73. The van der Waals surface area contributed by atoms with E-state index in [0.29, 0.717) is 24.6 Å². The number of anilines is 1. The van der Waals surface area contributed by atoms with Crippen LogP contribution in [0.2, 0.25) is 0 Å². The molecule has 20 heavy (non-hydrogen) atoms. The second-order valence-corrected chi connectivity index (χ2v) is 5.09. The summed E-state index contributed by atoms with van der Waals surface area (Å²) in [5.41, 5.74) is 5.05. The molecule has 1 aliphatic heterocycles. The van der Waals surface area contributed by atoms with Crippen molar-refractivity contribution in [2.45, 2.75) is 32.2 Å². The maximum Gasteiger partial charge on any atom is 0.252 e. The number of aromatic nitrogens is 2. The summed E-state index contributed by atoms with van der Waals surface area (Å²) in [7, 11) is 0. The summed E-state index contributed by atoms with van der Waals surface area (Å²) in [5, 5.41) is 3.30. The first kappa shape index (κ1) is 14.5. The van der Waals surface area contributed by atoms with E-state index < -0.39 is 0 Å². The number of carbonyl (C=O) groups excluding carboxylic acids is 1. The standard InChI is InChI=1S/C13H21N5O2/c1-2-11-16-12(7-13(20)17-11)15-9-3-5-18(6-4-9)8-10(14)19/h7,9H,2-6,8H2,1H3,(H2,14,19)(H2,15,16,17,20). The lowest BCUT2D eigenvalue weighted by atomic mass is 10.1. The zero-order valence-electron chi connectivity index (χ0n) is 11.7. The van der Waals surface area contributed by atoms with Crippen LogP contribution in [0.1, 0.15) is 25.6 Å². The molecule has 0 saturated carbocycles. The van der Waals surface area contributed by atoms with Crippen molar-refractivity contribution < 1.29 is 4.79 Å². The van der Waals surface area contributed by atoms with Crippen molar-refractivity contribution in [1.29, 1.82) is 0 Å². The first-order chi connectivity index (χ1) is 9.56. The fraction of sp³-hybridized carbons (Fsp3) is 0.615. The first-order valence-corrected chi connectivity index (χ1v) is 6.94. The fourth-order valence-electron chi connectivity index (χ4n) is 2.41. The lowest BCUT2D eigenvalue weighted by molar-refractivity contribution is -0.119. The monoisotopic (exact) mass is 279 g/mol. The normalized spacial score (nSPS) is 17.1. The highest BCUT2D eigenvalue weighted by Crippen LogP contribution is 2.14. The number of primary amides is 1. The van der Waals surface area contributed by atoms with E-state index >= 15 is 0 Å². The Morgan fingerprint density at radius 1 is 1.55 bits per heavy atom. The number of carbonyl (C=O) groups is 1. The van der Waals surface area contributed by atoms with Crippen LogP contribution in [0.3, 0.4) is 0 Å². The number of nitrogens with two attached hydrogens (primary N) is 1. The number of likely N-dealkylation sites (tertiary alicyclic amines) is 1. The van der Waals surface area contributed by atoms with E-state index in [0.717, 1.165) is 25.9 Å². The van der Waals surface area contributed by atoms with Crippen LogP contribution < -0.4 is 16.6 Å². The van der Waals surface area contributed by atoms with E-state index in [-0.39, 0.29) is 17.5 Å². The number of aromatic amines is 1. The molecule has 0 bridgehead atoms. The van der Waals surface area contributed by atoms with Gasteiger partial charge < -0.3 is 16.0 Å². The van der Waals surface area contributed by atoms with Crippen LogP contribution in [0.4, 0.5) is 5.82 Å². The Morgan fingerprint density at radius 3 is 2.85 bits per heavy atom. The Morgan fingerprint density at radius 2 is 2.25 bits per heavy atom. The van der Waals surface area contributed by atoms with E-state index in [4.69, 9.17) is 5.73 Å². The predicted octanol–water partition coefficient (Wildman–Crippen LogP) is -0.306. The Hall–Kier alpha value is -1.89. The highest BCUT2D eigenvalue weighted by Gasteiger charge is 2.20. The van der Waals surface area contributed by atoms with E-state index in [1.54, 1.807) is 0 Å². The number of nitrogens with zero attached hydrogens (tertiary/aromatic N) is 2. The molecule has 7 heteroatoms. The number of rotatable bonds is 5. The van der Waals surface area contributed by atoms with Gasteiger partial charge in [0.1, 0.15) is 11.6 Å². The molecular formula is C13H21N5O2. The van der Waals surface area contributed by atoms with Crippen molar-refractivity contribution in [3.05, 3.63) is 22.2 Å². The van der Waals surface area contributed by atoms with Gasteiger partial charge in [-0.15, -0.1) is 0 Å². The van der Waals surface area contributed by atoms with E-state index in [9.17, 15) is 9.59 Å². The van der Waals surface area contributed by atoms with Gasteiger partial charge in [-0.05, 0) is 12.8 Å². The van der Waals surface area contributed by atoms with Gasteiger partial charge in [0.2, 0.25) is 5.91 Å². The summed E-state index contributed by atoms with van der Waals surface area (Å²) in [6.45, 7) is 3.91. The Balaban J connectivity index is 1.91. The van der Waals surface area contributed by atoms with Gasteiger partial charge in [-0.2, -0.15) is 0 Å². The maximum atomic E-state index is 11.5. The molecule has 0 aliphatic carbocycles. The molecule has 4 N–H and O–H groups in total. The van der Waals surface area contributed by atoms with Gasteiger partial charge in [0.25, 0.3) is 5.56 Å². The lowest BCUT2D eigenvalue weighted by Gasteiger charge is -2.31. The SMILES string of the molecule is CCc1nc(NC2CCN(CC(N)=O)CC2)cc(=O)[nH]1. The van der Waals surface area contributed by atoms with Gasteiger partial charge in [0.15, 0.2) is 0 Å². The number of hydrogen-bond acceptors (Lipinski definition) is 5. The van der Waals surface area contributed by atoms with Crippen LogP contribution in [0.5, 0.6) is 0 Å². The second kappa shape index (κ2) is 6.51. The lowest BCUT2D eigenvalue weighted by Crippen LogP contribution is -2.43. The molecule has 1 aromatic heterocycles. The van der Waals surface area contributed by atoms with Gasteiger partial charge in [0.05, 0.1) is 6.54 Å². The van der Waals surface area contributed by atoms with E-state index in [2.05, 4.69) is 15.3 Å².